The predicted molar refractivity (Wildman–Crippen MR) is 91.7 cm³/mol. The molecule has 0 heterocycles. The minimum absolute atomic E-state index is 0.844. The second-order valence-electron chi connectivity index (χ2n) is 6.33. The maximum Gasteiger partial charge on any atom is 0.0403 e. The van der Waals surface area contributed by atoms with Crippen molar-refractivity contribution in [2.45, 2.75) is 32.6 Å². The normalized spacial score (nSPS) is 18.0. The molecule has 0 aromatic heterocycles. The summed E-state index contributed by atoms with van der Waals surface area (Å²) < 4.78 is 0. The van der Waals surface area contributed by atoms with Gasteiger partial charge in [0.15, 0.2) is 0 Å². The van der Waals surface area contributed by atoms with Crippen molar-refractivity contribution in [3.05, 3.63) is 53.6 Å². The molecule has 1 heteroatoms. The lowest BCUT2D eigenvalue weighted by molar-refractivity contribution is 0.446. The van der Waals surface area contributed by atoms with E-state index in [9.17, 15) is 0 Å². The van der Waals surface area contributed by atoms with Crippen LogP contribution in [0.2, 0.25) is 0 Å². The maximum absolute atomic E-state index is 6.41. The molecule has 1 nitrogen and oxygen atoms in total. The lowest BCUT2D eigenvalue weighted by Crippen LogP contribution is -2.14. The molecule has 1 aliphatic rings. The molecule has 0 fully saturated rings. The molecule has 3 aromatic carbocycles. The van der Waals surface area contributed by atoms with Crippen molar-refractivity contribution in [1.82, 2.24) is 0 Å². The topological polar surface area (TPSA) is 26.0 Å². The summed E-state index contributed by atoms with van der Waals surface area (Å²) >= 11 is 0. The summed E-state index contributed by atoms with van der Waals surface area (Å²) in [7, 11) is 0. The molecule has 2 N–H and O–H groups in total. The molecule has 0 spiro atoms. The SMILES string of the molecule is CCC1CCc2c(ccc3c2c(N)cc2ccccc23)C1. The van der Waals surface area contributed by atoms with Crippen LogP contribution in [0.4, 0.5) is 5.69 Å². The average molecular weight is 275 g/mol. The van der Waals surface area contributed by atoms with Crippen LogP contribution in [-0.2, 0) is 12.8 Å². The van der Waals surface area contributed by atoms with E-state index in [1.165, 1.54) is 58.4 Å². The van der Waals surface area contributed by atoms with Crippen molar-refractivity contribution in [3.63, 3.8) is 0 Å². The molecular formula is C20H21N. The van der Waals surface area contributed by atoms with Gasteiger partial charge in [-0.2, -0.15) is 0 Å². The van der Waals surface area contributed by atoms with Gasteiger partial charge >= 0.3 is 0 Å². The van der Waals surface area contributed by atoms with Gasteiger partial charge in [0.25, 0.3) is 0 Å². The quantitative estimate of drug-likeness (QED) is 0.486. The number of rotatable bonds is 1. The molecule has 4 rings (SSSR count). The summed E-state index contributed by atoms with van der Waals surface area (Å²) in [6.45, 7) is 2.30. The number of benzene rings is 3. The van der Waals surface area contributed by atoms with E-state index in [0.717, 1.165) is 11.6 Å². The third kappa shape index (κ3) is 1.91. The fraction of sp³-hybridized carbons (Fsp3) is 0.300. The zero-order valence-electron chi connectivity index (χ0n) is 12.5. The molecule has 21 heavy (non-hydrogen) atoms. The lowest BCUT2D eigenvalue weighted by Gasteiger charge is -2.25. The van der Waals surface area contributed by atoms with Crippen LogP contribution in [0.1, 0.15) is 30.9 Å². The monoisotopic (exact) mass is 275 g/mol. The van der Waals surface area contributed by atoms with E-state index in [1.807, 2.05) is 0 Å². The number of aryl methyl sites for hydroxylation is 1. The van der Waals surface area contributed by atoms with Gasteiger partial charge in [0.05, 0.1) is 0 Å². The molecule has 0 saturated carbocycles. The van der Waals surface area contributed by atoms with E-state index in [4.69, 9.17) is 5.73 Å². The van der Waals surface area contributed by atoms with Crippen LogP contribution in [0.3, 0.4) is 0 Å². The summed E-state index contributed by atoms with van der Waals surface area (Å²) in [6.07, 6.45) is 4.97. The second kappa shape index (κ2) is 4.77. The number of fused-ring (bicyclic) bond motifs is 5. The molecule has 1 aliphatic carbocycles. The molecule has 0 amide bonds. The average Bonchev–Trinajstić information content (AvgIpc) is 2.53. The second-order valence-corrected chi connectivity index (χ2v) is 6.33. The van der Waals surface area contributed by atoms with Gasteiger partial charge in [0, 0.05) is 11.1 Å². The van der Waals surface area contributed by atoms with Crippen LogP contribution in [0.15, 0.2) is 42.5 Å². The zero-order chi connectivity index (χ0) is 14.4. The first kappa shape index (κ1) is 12.7. The van der Waals surface area contributed by atoms with Crippen molar-refractivity contribution in [2.75, 3.05) is 5.73 Å². The highest BCUT2D eigenvalue weighted by Crippen LogP contribution is 2.38. The fourth-order valence-electron chi connectivity index (χ4n) is 3.94. The first-order valence-corrected chi connectivity index (χ1v) is 7.99. The molecule has 106 valence electrons. The number of hydrogen-bond donors (Lipinski definition) is 1. The molecule has 0 aliphatic heterocycles. The number of nitrogens with two attached hydrogens (primary N) is 1. The number of hydrogen-bond acceptors (Lipinski definition) is 1. The van der Waals surface area contributed by atoms with E-state index in [1.54, 1.807) is 0 Å². The third-order valence-electron chi connectivity index (χ3n) is 5.15. The van der Waals surface area contributed by atoms with Gasteiger partial charge in [-0.05, 0) is 58.5 Å². The first-order chi connectivity index (χ1) is 10.3. The summed E-state index contributed by atoms with van der Waals surface area (Å²) in [5, 5.41) is 5.19. The van der Waals surface area contributed by atoms with Gasteiger partial charge < -0.3 is 5.73 Å². The highest BCUT2D eigenvalue weighted by atomic mass is 14.6. The van der Waals surface area contributed by atoms with Gasteiger partial charge in [-0.1, -0.05) is 49.7 Å². The molecule has 3 aromatic rings. The van der Waals surface area contributed by atoms with Crippen LogP contribution in [0, 0.1) is 5.92 Å². The summed E-state index contributed by atoms with van der Waals surface area (Å²) in [6, 6.07) is 15.3. The Morgan fingerprint density at radius 2 is 1.95 bits per heavy atom. The Labute approximate surface area is 125 Å². The van der Waals surface area contributed by atoms with Crippen LogP contribution in [-0.4, -0.2) is 0 Å². The van der Waals surface area contributed by atoms with Crippen LogP contribution < -0.4 is 5.73 Å². The van der Waals surface area contributed by atoms with Gasteiger partial charge in [-0.3, -0.25) is 0 Å². The van der Waals surface area contributed by atoms with Gasteiger partial charge in [0.1, 0.15) is 0 Å². The smallest absolute Gasteiger partial charge is 0.0403 e. The fourth-order valence-corrected chi connectivity index (χ4v) is 3.94. The summed E-state index contributed by atoms with van der Waals surface area (Å²) in [5.74, 6) is 0.844. The van der Waals surface area contributed by atoms with Crippen molar-refractivity contribution < 1.29 is 0 Å². The van der Waals surface area contributed by atoms with Crippen molar-refractivity contribution in [3.8, 4) is 0 Å². The largest absolute Gasteiger partial charge is 0.398 e. The highest BCUT2D eigenvalue weighted by molar-refractivity contribution is 6.13. The highest BCUT2D eigenvalue weighted by Gasteiger charge is 2.20. The Hall–Kier alpha value is -2.02. The van der Waals surface area contributed by atoms with Gasteiger partial charge in [0.2, 0.25) is 0 Å². The Balaban J connectivity index is 2.04. The summed E-state index contributed by atoms with van der Waals surface area (Å²) in [4.78, 5) is 0. The summed E-state index contributed by atoms with van der Waals surface area (Å²) in [5.41, 5.74) is 10.4. The van der Waals surface area contributed by atoms with Crippen molar-refractivity contribution in [1.29, 1.82) is 0 Å². The minimum atomic E-state index is 0.844. The lowest BCUT2D eigenvalue weighted by atomic mass is 9.80. The standard InChI is InChI=1S/C20H21N/c1-2-13-7-9-17-15(11-13)8-10-18-16-6-4-3-5-14(16)12-19(21)20(17)18/h3-6,8,10,12-13H,2,7,9,11,21H2,1H3. The first-order valence-electron chi connectivity index (χ1n) is 7.99. The van der Waals surface area contributed by atoms with Crippen LogP contribution in [0.5, 0.6) is 0 Å². The van der Waals surface area contributed by atoms with Crippen molar-refractivity contribution in [2.24, 2.45) is 5.92 Å². The van der Waals surface area contributed by atoms with E-state index in [-0.39, 0.29) is 0 Å². The van der Waals surface area contributed by atoms with Crippen molar-refractivity contribution >= 4 is 27.2 Å². The Morgan fingerprint density at radius 1 is 1.10 bits per heavy atom. The van der Waals surface area contributed by atoms with Gasteiger partial charge in [-0.25, -0.2) is 0 Å². The molecule has 1 unspecified atom stereocenters. The Kier molecular flexibility index (Phi) is 2.88. The van der Waals surface area contributed by atoms with Crippen LogP contribution in [0.25, 0.3) is 21.5 Å². The van der Waals surface area contributed by atoms with Gasteiger partial charge in [-0.15, -0.1) is 0 Å². The number of nitrogen functional groups attached to an aromatic ring is 1. The Bertz CT molecular complexity index is 832. The predicted octanol–water partition coefficient (Wildman–Crippen LogP) is 5.09. The minimum Gasteiger partial charge on any atom is -0.398 e. The zero-order valence-corrected chi connectivity index (χ0v) is 12.5. The van der Waals surface area contributed by atoms with E-state index in [0.29, 0.717) is 0 Å². The number of anilines is 1. The van der Waals surface area contributed by atoms with E-state index < -0.39 is 0 Å². The molecule has 1 atom stereocenters. The van der Waals surface area contributed by atoms with E-state index >= 15 is 0 Å². The molecule has 0 bridgehead atoms. The maximum atomic E-state index is 6.41. The Morgan fingerprint density at radius 3 is 2.81 bits per heavy atom. The van der Waals surface area contributed by atoms with Crippen LogP contribution >= 0.6 is 0 Å². The molecule has 0 radical (unpaired) electrons. The molecular weight excluding hydrogens is 254 g/mol. The molecule has 0 saturated heterocycles. The third-order valence-corrected chi connectivity index (χ3v) is 5.15. The van der Waals surface area contributed by atoms with E-state index in [2.05, 4.69) is 49.4 Å².